The van der Waals surface area contributed by atoms with E-state index < -0.39 is 78.6 Å². The molecule has 1 saturated heterocycles. The van der Waals surface area contributed by atoms with Gasteiger partial charge in [0.1, 0.15) is 42.0 Å². The molecule has 3 rings (SSSR count). The Balaban J connectivity index is 1.66. The summed E-state index contributed by atoms with van der Waals surface area (Å²) in [5.74, 6) is -1.17. The van der Waals surface area contributed by atoms with Gasteiger partial charge in [0.2, 0.25) is 5.91 Å². The summed E-state index contributed by atoms with van der Waals surface area (Å²) in [5, 5.41) is 23.4. The number of hydrogen-bond donors (Lipinski definition) is 8. The van der Waals surface area contributed by atoms with Gasteiger partial charge in [0.15, 0.2) is 17.7 Å². The van der Waals surface area contributed by atoms with Crippen molar-refractivity contribution in [3.63, 3.8) is 0 Å². The number of aliphatic hydroxyl groups excluding tert-OH is 2. The molecule has 0 aromatic carbocycles. The lowest BCUT2D eigenvalue weighted by Crippen LogP contribution is -2.46. The van der Waals surface area contributed by atoms with E-state index in [9.17, 15) is 53.1 Å². The predicted octanol–water partition coefficient (Wildman–Crippen LogP) is -1.12. The molecule has 0 radical (unpaired) electrons. The Bertz CT molecular complexity index is 1530. The molecular weight excluding hydrogens is 673 g/mol. The number of Topliss-reactive ketones (excluding diaryl/α,β-unsaturated/α-hetero) is 1. The number of ketones is 1. The van der Waals surface area contributed by atoms with E-state index in [1.807, 2.05) is 0 Å². The second kappa shape index (κ2) is 14.2. The predicted molar refractivity (Wildman–Crippen MR) is 147 cm³/mol. The third-order valence-corrected chi connectivity index (χ3v) is 9.30. The van der Waals surface area contributed by atoms with E-state index in [-0.39, 0.29) is 35.7 Å². The van der Waals surface area contributed by atoms with Gasteiger partial charge in [-0.1, -0.05) is 13.8 Å². The highest BCUT2D eigenvalue weighted by molar-refractivity contribution is 7.61. The summed E-state index contributed by atoms with van der Waals surface area (Å²) in [5.41, 5.74) is 4.33. The molecule has 0 spiro atoms. The third kappa shape index (κ3) is 10.1. The number of fused-ring (bicyclic) bond motifs is 1. The zero-order chi connectivity index (χ0) is 34.0. The second-order valence-corrected chi connectivity index (χ2v) is 14.7. The molecule has 45 heavy (non-hydrogen) atoms. The number of nitrogens with zero attached hydrogens (tertiary/aromatic N) is 4. The molecule has 0 bridgehead atoms. The number of rotatable bonds is 16. The molecule has 9 N–H and O–H groups in total. The summed E-state index contributed by atoms with van der Waals surface area (Å²) in [6.07, 6.45) is -6.57. The molecular formula is C20H33N6O16P3. The van der Waals surface area contributed by atoms with Crippen molar-refractivity contribution < 1.29 is 75.7 Å². The van der Waals surface area contributed by atoms with Crippen LogP contribution >= 0.6 is 23.5 Å². The molecule has 2 aromatic rings. The number of hydrogen-bond acceptors (Lipinski definition) is 16. The maximum absolute atomic E-state index is 12.5. The molecule has 25 heteroatoms. The highest BCUT2D eigenvalue weighted by atomic mass is 31.3. The van der Waals surface area contributed by atoms with Gasteiger partial charge in [-0.15, -0.1) is 0 Å². The Hall–Kier alpha value is -2.26. The fourth-order valence-corrected chi connectivity index (χ4v) is 6.74. The minimum Gasteiger partial charge on any atom is -0.386 e. The molecule has 1 fully saturated rings. The normalized spacial score (nSPS) is 24.2. The van der Waals surface area contributed by atoms with E-state index >= 15 is 0 Å². The minimum absolute atomic E-state index is 0.00305. The van der Waals surface area contributed by atoms with E-state index in [0.717, 1.165) is 17.2 Å². The summed E-state index contributed by atoms with van der Waals surface area (Å²) in [4.78, 5) is 73.7. The standard InChI is InChI=1S/C20H33N6O16P3/c1-10(27)4-5-22-18(30)15(29)20(2,3)7-39-45(36,37)42-44(34,35)38-6-11-14(41-43(31,32)33)13(28)19(40-11)26-9-25-12-16(21)23-8-24-17(12)26/h8-9,11,13-15,19,28-29H,4-7H2,1-3H3,(H,22,30)(H,34,35)(H,36,37)(H2,21,23,24)(H2,31,32,33). The Kier molecular flexibility index (Phi) is 11.8. The van der Waals surface area contributed by atoms with Gasteiger partial charge in [-0.3, -0.25) is 27.7 Å². The molecule has 0 aliphatic carbocycles. The summed E-state index contributed by atoms with van der Waals surface area (Å²) < 4.78 is 61.5. The van der Waals surface area contributed by atoms with Crippen LogP contribution in [0.25, 0.3) is 11.2 Å². The highest BCUT2D eigenvalue weighted by Gasteiger charge is 2.50. The van der Waals surface area contributed by atoms with E-state index in [2.05, 4.69) is 33.6 Å². The first-order valence-corrected chi connectivity index (χ1v) is 17.3. The number of phosphoric ester groups is 3. The maximum atomic E-state index is 12.5. The lowest BCUT2D eigenvalue weighted by Gasteiger charge is -2.30. The lowest BCUT2D eigenvalue weighted by molar-refractivity contribution is -0.137. The average Bonchev–Trinajstić information content (AvgIpc) is 3.46. The minimum atomic E-state index is -5.52. The molecule has 3 heterocycles. The number of ether oxygens (including phenoxy) is 1. The van der Waals surface area contributed by atoms with E-state index in [1.165, 1.54) is 20.8 Å². The smallest absolute Gasteiger partial charge is 0.386 e. The number of nitrogens with two attached hydrogens (primary N) is 1. The van der Waals surface area contributed by atoms with Crippen LogP contribution in [0.2, 0.25) is 0 Å². The van der Waals surface area contributed by atoms with Gasteiger partial charge >= 0.3 is 23.5 Å². The van der Waals surface area contributed by atoms with Crippen LogP contribution < -0.4 is 11.1 Å². The van der Waals surface area contributed by atoms with Crippen molar-refractivity contribution in [3.8, 4) is 0 Å². The molecule has 0 saturated carbocycles. The topological polar surface area (TPSA) is 335 Å². The quantitative estimate of drug-likeness (QED) is 0.0958. The number of aromatic nitrogens is 4. The SMILES string of the molecule is CC(=O)CCNC(=O)C(O)C(C)(C)COP(=O)(O)OP(=O)(O)OCC1OC(n2cnc3c(N)ncnc32)C(O)C1OP(=O)(O)O. The fourth-order valence-electron chi connectivity index (χ4n) is 3.91. The van der Waals surface area contributed by atoms with Crippen LogP contribution in [0.15, 0.2) is 12.7 Å². The second-order valence-electron chi connectivity index (χ2n) is 10.4. The van der Waals surface area contributed by atoms with Crippen molar-refractivity contribution in [2.75, 3.05) is 25.5 Å². The van der Waals surface area contributed by atoms with Crippen LogP contribution in [0.3, 0.4) is 0 Å². The van der Waals surface area contributed by atoms with Gasteiger partial charge in [-0.2, -0.15) is 4.31 Å². The highest BCUT2D eigenvalue weighted by Crippen LogP contribution is 2.61. The van der Waals surface area contributed by atoms with E-state index in [4.69, 9.17) is 15.0 Å². The van der Waals surface area contributed by atoms with Gasteiger partial charge in [-0.05, 0) is 6.92 Å². The monoisotopic (exact) mass is 706 g/mol. The maximum Gasteiger partial charge on any atom is 0.481 e. The van der Waals surface area contributed by atoms with Gasteiger partial charge in [0.25, 0.3) is 0 Å². The first-order chi connectivity index (χ1) is 20.6. The molecule has 7 unspecified atom stereocenters. The Morgan fingerprint density at radius 3 is 2.40 bits per heavy atom. The average molecular weight is 706 g/mol. The Morgan fingerprint density at radius 1 is 1.13 bits per heavy atom. The Labute approximate surface area is 254 Å². The molecule has 2 aromatic heterocycles. The van der Waals surface area contributed by atoms with Gasteiger partial charge in [0, 0.05) is 18.4 Å². The van der Waals surface area contributed by atoms with Crippen LogP contribution in [0.5, 0.6) is 0 Å². The first kappa shape index (κ1) is 37.2. The van der Waals surface area contributed by atoms with Crippen molar-refractivity contribution in [2.24, 2.45) is 5.41 Å². The van der Waals surface area contributed by atoms with Gasteiger partial charge in [-0.25, -0.2) is 28.6 Å². The molecule has 7 atom stereocenters. The van der Waals surface area contributed by atoms with E-state index in [0.29, 0.717) is 0 Å². The molecule has 1 aliphatic heterocycles. The number of aliphatic hydroxyl groups is 2. The van der Waals surface area contributed by atoms with Crippen LogP contribution in [0.1, 0.15) is 33.4 Å². The number of anilines is 1. The van der Waals surface area contributed by atoms with Crippen molar-refractivity contribution >= 4 is 52.1 Å². The van der Waals surface area contributed by atoms with Crippen LogP contribution in [0.4, 0.5) is 5.82 Å². The summed E-state index contributed by atoms with van der Waals surface area (Å²) in [6, 6.07) is 0. The largest absolute Gasteiger partial charge is 0.481 e. The molecule has 22 nitrogen and oxygen atoms in total. The number of carbonyl (C=O) groups excluding carboxylic acids is 2. The summed E-state index contributed by atoms with van der Waals surface area (Å²) in [7, 11) is -16.2. The van der Waals surface area contributed by atoms with Crippen LogP contribution in [0, 0.1) is 5.41 Å². The van der Waals surface area contributed by atoms with Gasteiger partial charge < -0.3 is 45.6 Å². The number of nitrogens with one attached hydrogen (secondary N) is 1. The third-order valence-electron chi connectivity index (χ3n) is 6.20. The van der Waals surface area contributed by atoms with Crippen LogP contribution in [-0.2, 0) is 45.9 Å². The van der Waals surface area contributed by atoms with Crippen molar-refractivity contribution in [1.29, 1.82) is 0 Å². The number of carbonyl (C=O) groups is 2. The number of amides is 1. The molecule has 1 amide bonds. The molecule has 254 valence electrons. The number of phosphoric acid groups is 3. The van der Waals surface area contributed by atoms with Gasteiger partial charge in [0.05, 0.1) is 19.5 Å². The summed E-state index contributed by atoms with van der Waals surface area (Å²) >= 11 is 0. The first-order valence-electron chi connectivity index (χ1n) is 12.7. The van der Waals surface area contributed by atoms with E-state index in [1.54, 1.807) is 0 Å². The Morgan fingerprint density at radius 2 is 1.78 bits per heavy atom. The van der Waals surface area contributed by atoms with Crippen molar-refractivity contribution in [3.05, 3.63) is 12.7 Å². The fraction of sp³-hybridized carbons (Fsp3) is 0.650. The summed E-state index contributed by atoms with van der Waals surface area (Å²) in [6.45, 7) is 1.81. The van der Waals surface area contributed by atoms with Crippen molar-refractivity contribution in [1.82, 2.24) is 24.8 Å². The van der Waals surface area contributed by atoms with Crippen molar-refractivity contribution in [2.45, 2.75) is 57.8 Å². The number of nitrogen functional groups attached to an aromatic ring is 1. The zero-order valence-electron chi connectivity index (χ0n) is 23.8. The lowest BCUT2D eigenvalue weighted by atomic mass is 9.87. The zero-order valence-corrected chi connectivity index (χ0v) is 26.5. The number of imidazole rings is 1. The van der Waals surface area contributed by atoms with Crippen LogP contribution in [-0.4, -0.2) is 105 Å². The molecule has 1 aliphatic rings.